The van der Waals surface area contributed by atoms with Crippen LogP contribution < -0.4 is 10.2 Å². The fourth-order valence-corrected chi connectivity index (χ4v) is 3.90. The van der Waals surface area contributed by atoms with Crippen LogP contribution in [-0.2, 0) is 0 Å². The Kier molecular flexibility index (Phi) is 3.90. The molecule has 0 saturated carbocycles. The second kappa shape index (κ2) is 6.12. The maximum atomic E-state index is 13.4. The zero-order valence-corrected chi connectivity index (χ0v) is 14.5. The minimum atomic E-state index is -0.496. The summed E-state index contributed by atoms with van der Waals surface area (Å²) in [6.45, 7) is 1.00. The summed E-state index contributed by atoms with van der Waals surface area (Å²) < 4.78 is 13.4. The van der Waals surface area contributed by atoms with Crippen LogP contribution in [-0.4, -0.2) is 42.5 Å². The van der Waals surface area contributed by atoms with Gasteiger partial charge < -0.3 is 15.1 Å². The number of halogens is 1. The van der Waals surface area contributed by atoms with E-state index in [1.165, 1.54) is 12.1 Å². The molecule has 0 unspecified atom stereocenters. The van der Waals surface area contributed by atoms with Crippen molar-refractivity contribution in [3.05, 3.63) is 65.5 Å². The van der Waals surface area contributed by atoms with Crippen molar-refractivity contribution < 1.29 is 14.0 Å². The smallest absolute Gasteiger partial charge is 0.255 e. The van der Waals surface area contributed by atoms with E-state index in [1.807, 2.05) is 31.3 Å². The summed E-state index contributed by atoms with van der Waals surface area (Å²) in [5, 5.41) is 3.14. The van der Waals surface area contributed by atoms with Gasteiger partial charge in [-0.05, 0) is 30.3 Å². The first kappa shape index (κ1) is 16.6. The highest BCUT2D eigenvalue weighted by Gasteiger charge is 2.44. The number of fused-ring (bicyclic) bond motifs is 1. The van der Waals surface area contributed by atoms with Crippen molar-refractivity contribution in [2.75, 3.05) is 25.0 Å². The minimum Gasteiger partial charge on any atom is -0.351 e. The lowest BCUT2D eigenvalue weighted by molar-refractivity contribution is 0.0608. The van der Waals surface area contributed by atoms with E-state index in [1.54, 1.807) is 17.0 Å². The molecule has 5 nitrogen and oxygen atoms in total. The third-order valence-corrected chi connectivity index (χ3v) is 5.45. The highest BCUT2D eigenvalue weighted by Crippen LogP contribution is 2.36. The van der Waals surface area contributed by atoms with Crippen LogP contribution in [0.1, 0.15) is 33.6 Å². The molecule has 26 heavy (non-hydrogen) atoms. The first-order valence-electron chi connectivity index (χ1n) is 8.70. The van der Waals surface area contributed by atoms with Gasteiger partial charge in [0.05, 0.1) is 11.3 Å². The van der Waals surface area contributed by atoms with Crippen LogP contribution >= 0.6 is 0 Å². The fraction of sp³-hybridized carbons (Fsp3) is 0.300. The molecule has 0 bridgehead atoms. The van der Waals surface area contributed by atoms with Crippen LogP contribution in [0.2, 0.25) is 0 Å². The van der Waals surface area contributed by atoms with Crippen molar-refractivity contribution in [3.8, 4) is 0 Å². The second-order valence-corrected chi connectivity index (χ2v) is 6.86. The van der Waals surface area contributed by atoms with E-state index in [4.69, 9.17) is 0 Å². The molecule has 0 aliphatic carbocycles. The molecule has 6 heteroatoms. The summed E-state index contributed by atoms with van der Waals surface area (Å²) in [6, 6.07) is 13.3. The normalized spacial score (nSPS) is 18.5. The first-order valence-corrected chi connectivity index (χ1v) is 8.70. The summed E-state index contributed by atoms with van der Waals surface area (Å²) in [6.07, 6.45) is 1.23. The zero-order chi connectivity index (χ0) is 18.3. The van der Waals surface area contributed by atoms with Crippen molar-refractivity contribution >= 4 is 17.5 Å². The van der Waals surface area contributed by atoms with E-state index >= 15 is 0 Å². The molecule has 1 N–H and O–H groups in total. The third kappa shape index (κ3) is 2.62. The van der Waals surface area contributed by atoms with E-state index in [0.29, 0.717) is 37.1 Å². The molecule has 134 valence electrons. The largest absolute Gasteiger partial charge is 0.351 e. The van der Waals surface area contributed by atoms with Crippen molar-refractivity contribution in [2.45, 2.75) is 18.5 Å². The Hall–Kier alpha value is -2.89. The molecule has 1 saturated heterocycles. The number of rotatable bonds is 1. The van der Waals surface area contributed by atoms with Gasteiger partial charge in [0.2, 0.25) is 0 Å². The first-order chi connectivity index (χ1) is 12.5. The summed E-state index contributed by atoms with van der Waals surface area (Å²) >= 11 is 0. The summed E-state index contributed by atoms with van der Waals surface area (Å²) in [5.41, 5.74) is 1.43. The summed E-state index contributed by atoms with van der Waals surface area (Å²) in [4.78, 5) is 29.0. The Morgan fingerprint density at radius 3 is 2.58 bits per heavy atom. The van der Waals surface area contributed by atoms with Gasteiger partial charge in [-0.1, -0.05) is 18.2 Å². The van der Waals surface area contributed by atoms with Gasteiger partial charge in [0.15, 0.2) is 0 Å². The maximum absolute atomic E-state index is 13.4. The molecule has 0 radical (unpaired) electrons. The molecule has 1 spiro atoms. The monoisotopic (exact) mass is 353 g/mol. The van der Waals surface area contributed by atoms with Gasteiger partial charge in [-0.3, -0.25) is 9.59 Å². The number of anilines is 1. The van der Waals surface area contributed by atoms with Crippen LogP contribution in [0.4, 0.5) is 10.1 Å². The number of hydrogen-bond donors (Lipinski definition) is 1. The Labute approximate surface area is 151 Å². The number of nitrogens with zero attached hydrogens (tertiary/aromatic N) is 2. The number of amides is 2. The van der Waals surface area contributed by atoms with E-state index in [0.717, 1.165) is 5.69 Å². The van der Waals surface area contributed by atoms with Crippen molar-refractivity contribution in [2.24, 2.45) is 0 Å². The molecule has 2 aromatic rings. The Bertz CT molecular complexity index is 875. The average Bonchev–Trinajstić information content (AvgIpc) is 2.66. The van der Waals surface area contributed by atoms with Crippen molar-refractivity contribution in [1.82, 2.24) is 10.2 Å². The van der Waals surface area contributed by atoms with Crippen LogP contribution in [0.25, 0.3) is 0 Å². The molecule has 2 amide bonds. The van der Waals surface area contributed by atoms with Gasteiger partial charge in [0.1, 0.15) is 11.5 Å². The molecule has 0 atom stereocenters. The van der Waals surface area contributed by atoms with Gasteiger partial charge in [-0.15, -0.1) is 0 Å². The number of nitrogens with one attached hydrogen (secondary N) is 1. The number of para-hydroxylation sites is 1. The lowest BCUT2D eigenvalue weighted by Crippen LogP contribution is -2.67. The molecule has 4 rings (SSSR count). The van der Waals surface area contributed by atoms with Crippen molar-refractivity contribution in [1.29, 1.82) is 0 Å². The number of hydrogen-bond acceptors (Lipinski definition) is 3. The Morgan fingerprint density at radius 2 is 1.85 bits per heavy atom. The highest BCUT2D eigenvalue weighted by molar-refractivity contribution is 6.02. The van der Waals surface area contributed by atoms with Crippen LogP contribution in [0, 0.1) is 5.82 Å². The summed E-state index contributed by atoms with van der Waals surface area (Å²) in [7, 11) is 1.97. The quantitative estimate of drug-likeness (QED) is 0.858. The van der Waals surface area contributed by atoms with Crippen LogP contribution in [0.3, 0.4) is 0 Å². The van der Waals surface area contributed by atoms with Crippen LogP contribution in [0.5, 0.6) is 0 Å². The minimum absolute atomic E-state index is 0.0800. The number of carbonyl (C=O) groups excluding carboxylic acids is 2. The predicted octanol–water partition coefficient (Wildman–Crippen LogP) is 2.64. The van der Waals surface area contributed by atoms with Gasteiger partial charge in [0, 0.05) is 38.5 Å². The van der Waals surface area contributed by atoms with E-state index in [-0.39, 0.29) is 11.8 Å². The number of piperidine rings is 1. The van der Waals surface area contributed by atoms with E-state index in [2.05, 4.69) is 10.2 Å². The molecular weight excluding hydrogens is 333 g/mol. The Balaban J connectivity index is 1.53. The van der Waals surface area contributed by atoms with Gasteiger partial charge in [-0.2, -0.15) is 0 Å². The molecule has 2 aliphatic heterocycles. The van der Waals surface area contributed by atoms with Gasteiger partial charge >= 0.3 is 0 Å². The second-order valence-electron chi connectivity index (χ2n) is 6.86. The number of benzene rings is 2. The molecular formula is C20H20FN3O2. The predicted molar refractivity (Wildman–Crippen MR) is 96.6 cm³/mol. The summed E-state index contributed by atoms with van der Waals surface area (Å²) in [5.74, 6) is -0.673. The SMILES string of the molecule is CN1c2ccccc2C(=O)NC12CCN(C(=O)c1cccc(F)c1)CC2. The van der Waals surface area contributed by atoms with Gasteiger partial charge in [-0.25, -0.2) is 4.39 Å². The van der Waals surface area contributed by atoms with Crippen LogP contribution in [0.15, 0.2) is 48.5 Å². The van der Waals surface area contributed by atoms with Crippen molar-refractivity contribution in [3.63, 3.8) is 0 Å². The molecule has 2 aromatic carbocycles. The van der Waals surface area contributed by atoms with Gasteiger partial charge in [0.25, 0.3) is 11.8 Å². The fourth-order valence-electron chi connectivity index (χ4n) is 3.90. The maximum Gasteiger partial charge on any atom is 0.255 e. The van der Waals surface area contributed by atoms with E-state index in [9.17, 15) is 14.0 Å². The third-order valence-electron chi connectivity index (χ3n) is 5.45. The standard InChI is InChI=1S/C20H20FN3O2/c1-23-17-8-3-2-7-16(17)18(25)22-20(23)9-11-24(12-10-20)19(26)14-5-4-6-15(21)13-14/h2-8,13H,9-12H2,1H3,(H,22,25). The number of carbonyl (C=O) groups is 2. The topological polar surface area (TPSA) is 52.7 Å². The lowest BCUT2D eigenvalue weighted by Gasteiger charge is -2.51. The molecule has 2 aliphatic rings. The number of likely N-dealkylation sites (tertiary alicyclic amines) is 1. The van der Waals surface area contributed by atoms with E-state index < -0.39 is 11.5 Å². The molecule has 0 aromatic heterocycles. The highest BCUT2D eigenvalue weighted by atomic mass is 19.1. The molecule has 2 heterocycles. The lowest BCUT2D eigenvalue weighted by atomic mass is 9.90. The Morgan fingerprint density at radius 1 is 1.12 bits per heavy atom. The molecule has 1 fully saturated rings. The zero-order valence-electron chi connectivity index (χ0n) is 14.5. The average molecular weight is 353 g/mol.